The summed E-state index contributed by atoms with van der Waals surface area (Å²) in [6.07, 6.45) is 1.13. The first-order valence-corrected chi connectivity index (χ1v) is 3.15. The Morgan fingerprint density at radius 3 is 2.82 bits per heavy atom. The summed E-state index contributed by atoms with van der Waals surface area (Å²) < 4.78 is 4.45. The number of methoxy groups -OCH3 is 1. The molecule has 0 aliphatic carbocycles. The maximum Gasteiger partial charge on any atom is 0.421 e. The molecule has 0 N–H and O–H groups in total. The van der Waals surface area contributed by atoms with E-state index in [0.29, 0.717) is 6.54 Å². The summed E-state index contributed by atoms with van der Waals surface area (Å²) in [5.41, 5.74) is 0. The summed E-state index contributed by atoms with van der Waals surface area (Å²) in [6, 6.07) is 2.57. The minimum Gasteiger partial charge on any atom is -0.452 e. The molecule has 0 aromatic rings. The zero-order valence-electron chi connectivity index (χ0n) is 6.76. The third kappa shape index (κ3) is 3.31. The fraction of sp³-hybridized carbons (Fsp3) is 0.375. The zero-order valence-corrected chi connectivity index (χ0v) is 6.76. The van der Waals surface area contributed by atoms with E-state index in [1.807, 2.05) is 0 Å². The minimum atomic E-state index is -0.459. The first-order valence-electron chi connectivity index (χ1n) is 3.15. The van der Waals surface area contributed by atoms with Crippen LogP contribution in [0.15, 0.2) is 12.7 Å². The van der Waals surface area contributed by atoms with Gasteiger partial charge in [0.1, 0.15) is 0 Å². The Labute approximate surface area is 66.6 Å². The molecule has 0 heterocycles. The second-order valence-electron chi connectivity index (χ2n) is 1.73. The van der Waals surface area contributed by atoms with Gasteiger partial charge in [-0.15, -0.1) is 6.58 Å². The van der Waals surface area contributed by atoms with Gasteiger partial charge in [-0.3, -0.25) is 0 Å². The normalized spacial score (nSPS) is 7.45. The molecule has 3 nitrogen and oxygen atoms in total. The summed E-state index contributed by atoms with van der Waals surface area (Å²) in [7, 11) is 1.32. The summed E-state index contributed by atoms with van der Waals surface area (Å²) in [5.74, 6) is 2.60. The van der Waals surface area contributed by atoms with Crippen LogP contribution in [-0.2, 0) is 4.74 Å². The Hall–Kier alpha value is -1.43. The van der Waals surface area contributed by atoms with E-state index in [0.717, 1.165) is 0 Å². The molecule has 0 saturated heterocycles. The Morgan fingerprint density at radius 1 is 1.82 bits per heavy atom. The van der Waals surface area contributed by atoms with E-state index in [1.165, 1.54) is 12.0 Å². The van der Waals surface area contributed by atoms with Gasteiger partial charge in [-0.1, -0.05) is 12.0 Å². The first-order chi connectivity index (χ1) is 5.26. The number of carbonyl (C=O) groups excluding carboxylic acids is 1. The molecule has 0 bridgehead atoms. The van der Waals surface area contributed by atoms with Crippen molar-refractivity contribution in [3.8, 4) is 12.0 Å². The largest absolute Gasteiger partial charge is 0.452 e. The van der Waals surface area contributed by atoms with Gasteiger partial charge in [0, 0.05) is 6.04 Å². The molecule has 11 heavy (non-hydrogen) atoms. The summed E-state index contributed by atoms with van der Waals surface area (Å²) in [4.78, 5) is 12.1. The molecule has 0 spiro atoms. The third-order valence-corrected chi connectivity index (χ3v) is 0.953. The van der Waals surface area contributed by atoms with Gasteiger partial charge in [0.15, 0.2) is 0 Å². The average Bonchev–Trinajstić information content (AvgIpc) is 2.03. The monoisotopic (exact) mass is 153 g/mol. The number of hydrogen-bond acceptors (Lipinski definition) is 2. The van der Waals surface area contributed by atoms with Crippen LogP contribution in [0.4, 0.5) is 4.79 Å². The van der Waals surface area contributed by atoms with Gasteiger partial charge >= 0.3 is 6.09 Å². The van der Waals surface area contributed by atoms with E-state index >= 15 is 0 Å². The molecule has 60 valence electrons. The fourth-order valence-electron chi connectivity index (χ4n) is 0.540. The second-order valence-corrected chi connectivity index (χ2v) is 1.73. The zero-order chi connectivity index (χ0) is 8.69. The summed E-state index contributed by atoms with van der Waals surface area (Å²) >= 11 is 0. The van der Waals surface area contributed by atoms with Crippen LogP contribution in [0.25, 0.3) is 0 Å². The molecule has 3 heteroatoms. The highest BCUT2D eigenvalue weighted by Gasteiger charge is 2.07. The molecule has 0 saturated carbocycles. The topological polar surface area (TPSA) is 29.5 Å². The summed E-state index contributed by atoms with van der Waals surface area (Å²) in [6.45, 7) is 5.52. The molecule has 0 aromatic heterocycles. The van der Waals surface area contributed by atoms with E-state index in [2.05, 4.69) is 23.3 Å². The van der Waals surface area contributed by atoms with Crippen molar-refractivity contribution in [3.05, 3.63) is 12.7 Å². The minimum absolute atomic E-state index is 0.382. The van der Waals surface area contributed by atoms with E-state index < -0.39 is 6.09 Å². The van der Waals surface area contributed by atoms with Crippen LogP contribution < -0.4 is 0 Å². The van der Waals surface area contributed by atoms with Crippen molar-refractivity contribution in [2.45, 2.75) is 6.92 Å². The Balaban J connectivity index is 4.16. The van der Waals surface area contributed by atoms with Crippen LogP contribution in [0, 0.1) is 12.0 Å². The van der Waals surface area contributed by atoms with Crippen molar-refractivity contribution in [2.75, 3.05) is 13.7 Å². The lowest BCUT2D eigenvalue weighted by Crippen LogP contribution is -2.25. The van der Waals surface area contributed by atoms with E-state index in [4.69, 9.17) is 0 Å². The highest BCUT2D eigenvalue weighted by molar-refractivity contribution is 5.69. The summed E-state index contributed by atoms with van der Waals surface area (Å²) in [5, 5.41) is 0. The number of nitrogens with zero attached hydrogens (tertiary/aromatic N) is 1. The first kappa shape index (κ1) is 9.57. The van der Waals surface area contributed by atoms with Crippen molar-refractivity contribution in [1.29, 1.82) is 0 Å². The maximum atomic E-state index is 10.8. The van der Waals surface area contributed by atoms with Crippen LogP contribution in [0.3, 0.4) is 0 Å². The Kier molecular flexibility index (Phi) is 4.67. The number of ether oxygens (including phenoxy) is 1. The smallest absolute Gasteiger partial charge is 0.421 e. The van der Waals surface area contributed by atoms with Crippen LogP contribution in [0.2, 0.25) is 0 Å². The second kappa shape index (κ2) is 5.36. The quantitative estimate of drug-likeness (QED) is 0.339. The van der Waals surface area contributed by atoms with Gasteiger partial charge in [-0.05, 0) is 6.92 Å². The van der Waals surface area contributed by atoms with Gasteiger partial charge in [-0.2, -0.15) is 0 Å². The van der Waals surface area contributed by atoms with Gasteiger partial charge in [-0.25, -0.2) is 9.69 Å². The molecule has 0 atom stereocenters. The maximum absolute atomic E-state index is 10.8. The van der Waals surface area contributed by atoms with Crippen molar-refractivity contribution in [3.63, 3.8) is 0 Å². The van der Waals surface area contributed by atoms with Crippen molar-refractivity contribution in [2.24, 2.45) is 0 Å². The van der Waals surface area contributed by atoms with Crippen LogP contribution >= 0.6 is 0 Å². The van der Waals surface area contributed by atoms with Crippen molar-refractivity contribution < 1.29 is 9.53 Å². The molecule has 0 aromatic carbocycles. The van der Waals surface area contributed by atoms with E-state index in [-0.39, 0.29) is 0 Å². The van der Waals surface area contributed by atoms with Crippen LogP contribution in [-0.4, -0.2) is 24.6 Å². The highest BCUT2D eigenvalue weighted by Crippen LogP contribution is 1.89. The van der Waals surface area contributed by atoms with Crippen molar-refractivity contribution in [1.82, 2.24) is 4.90 Å². The molecule has 1 amide bonds. The average molecular weight is 153 g/mol. The lowest BCUT2D eigenvalue weighted by Gasteiger charge is -2.10. The van der Waals surface area contributed by atoms with E-state index in [9.17, 15) is 4.79 Å². The van der Waals surface area contributed by atoms with Gasteiger partial charge in [0.2, 0.25) is 0 Å². The fourth-order valence-corrected chi connectivity index (χ4v) is 0.540. The molecule has 0 unspecified atom stereocenters. The Morgan fingerprint density at radius 2 is 2.45 bits per heavy atom. The molecule has 0 fully saturated rings. The third-order valence-electron chi connectivity index (χ3n) is 0.953. The van der Waals surface area contributed by atoms with Gasteiger partial charge in [0.05, 0.1) is 13.7 Å². The molecule has 0 radical (unpaired) electrons. The lowest BCUT2D eigenvalue weighted by molar-refractivity contribution is 0.146. The number of amides is 1. The lowest BCUT2D eigenvalue weighted by atomic mass is 10.5. The number of rotatable bonds is 2. The molecular weight excluding hydrogens is 142 g/mol. The SMILES string of the molecule is C=CCN(C#CC)C(=O)OC. The predicted molar refractivity (Wildman–Crippen MR) is 42.8 cm³/mol. The van der Waals surface area contributed by atoms with E-state index in [1.54, 1.807) is 13.0 Å². The van der Waals surface area contributed by atoms with Crippen LogP contribution in [0.1, 0.15) is 6.92 Å². The van der Waals surface area contributed by atoms with Crippen molar-refractivity contribution >= 4 is 6.09 Å². The van der Waals surface area contributed by atoms with Gasteiger partial charge < -0.3 is 4.74 Å². The highest BCUT2D eigenvalue weighted by atomic mass is 16.5. The molecule has 0 aliphatic heterocycles. The number of hydrogen-bond donors (Lipinski definition) is 0. The van der Waals surface area contributed by atoms with Crippen LogP contribution in [0.5, 0.6) is 0 Å². The molecule has 0 aliphatic rings. The molecule has 0 rings (SSSR count). The standard InChI is InChI=1S/C8H11NO2/c1-4-6-9(7-5-2)8(10)11-3/h4H,1,6H2,2-3H3. The van der Waals surface area contributed by atoms with Gasteiger partial charge in [0.25, 0.3) is 0 Å². The predicted octanol–water partition coefficient (Wildman–Crippen LogP) is 1.22. The Bertz CT molecular complexity index is 200. The molecular formula is C8H11NO2. The number of carbonyl (C=O) groups is 1.